The fraction of sp³-hybridized carbons (Fsp3) is 0.966. The number of rotatable bonds is 5. The van der Waals surface area contributed by atoms with E-state index in [0.29, 0.717) is 77.7 Å². The minimum atomic E-state index is 0.0619. The molecule has 186 valence electrons. The lowest BCUT2D eigenvalue weighted by Gasteiger charge is -2.54. The normalized spacial score (nSPS) is 54.3. The van der Waals surface area contributed by atoms with E-state index in [1.54, 1.807) is 0 Å². The molecule has 0 N–H and O–H groups in total. The van der Waals surface area contributed by atoms with Crippen LogP contribution in [0.4, 0.5) is 0 Å². The van der Waals surface area contributed by atoms with Crippen molar-refractivity contribution in [2.24, 2.45) is 52.3 Å². The van der Waals surface area contributed by atoms with Gasteiger partial charge in [-0.25, -0.2) is 0 Å². The standard InChI is InChI=1S/C29H46O4/c1-7-17(15(2)3)27-26(33-27)16(4)19-8-9-20-18-12-25(30)32-24-13-22-23(31-22)14-29(24,6)21(18)10-11-28(19,20)5/h15-24,26-27H,7-14H2,1-6H3/t16-,17-,18-,19+,20-,21-,22-,23+,24-,26+,27+,28+,29+/m0/s1. The molecule has 0 aromatic rings. The Kier molecular flexibility index (Phi) is 5.32. The first-order chi connectivity index (χ1) is 15.7. The lowest BCUT2D eigenvalue weighted by molar-refractivity contribution is -0.156. The van der Waals surface area contributed by atoms with E-state index in [9.17, 15) is 4.79 Å². The number of esters is 1. The predicted octanol–water partition coefficient (Wildman–Crippen LogP) is 6.01. The minimum Gasteiger partial charge on any atom is -0.462 e. The van der Waals surface area contributed by atoms with Gasteiger partial charge in [-0.15, -0.1) is 0 Å². The molecule has 0 spiro atoms. The second kappa shape index (κ2) is 7.69. The topological polar surface area (TPSA) is 51.4 Å². The van der Waals surface area contributed by atoms with Crippen molar-refractivity contribution in [1.29, 1.82) is 0 Å². The third kappa shape index (κ3) is 3.39. The molecule has 6 aliphatic rings. The Morgan fingerprint density at radius 2 is 1.73 bits per heavy atom. The van der Waals surface area contributed by atoms with Crippen LogP contribution in [0.1, 0.15) is 92.9 Å². The maximum atomic E-state index is 13.0. The minimum absolute atomic E-state index is 0.0619. The van der Waals surface area contributed by atoms with Gasteiger partial charge in [0.2, 0.25) is 0 Å². The molecule has 13 atom stereocenters. The van der Waals surface area contributed by atoms with Crippen molar-refractivity contribution in [3.63, 3.8) is 0 Å². The summed E-state index contributed by atoms with van der Waals surface area (Å²) in [5.41, 5.74) is 0.427. The highest BCUT2D eigenvalue weighted by Crippen LogP contribution is 2.67. The quantitative estimate of drug-likeness (QED) is 0.374. The van der Waals surface area contributed by atoms with Gasteiger partial charge >= 0.3 is 5.97 Å². The number of fused-ring (bicyclic) bond motifs is 6. The largest absolute Gasteiger partial charge is 0.462 e. The van der Waals surface area contributed by atoms with Crippen LogP contribution in [0.15, 0.2) is 0 Å². The number of ether oxygens (including phenoxy) is 3. The monoisotopic (exact) mass is 458 g/mol. The Morgan fingerprint density at radius 1 is 0.970 bits per heavy atom. The van der Waals surface area contributed by atoms with Gasteiger partial charge in [0.1, 0.15) is 6.10 Å². The molecule has 0 aromatic heterocycles. The van der Waals surface area contributed by atoms with Crippen LogP contribution in [-0.4, -0.2) is 36.5 Å². The number of carbonyl (C=O) groups excluding carboxylic acids is 1. The zero-order chi connectivity index (χ0) is 23.3. The lowest BCUT2D eigenvalue weighted by atomic mass is 9.49. The van der Waals surface area contributed by atoms with Crippen LogP contribution in [-0.2, 0) is 19.0 Å². The Balaban J connectivity index is 1.23. The molecular weight excluding hydrogens is 412 g/mol. The highest BCUT2D eigenvalue weighted by atomic mass is 16.6. The van der Waals surface area contributed by atoms with Crippen LogP contribution >= 0.6 is 0 Å². The van der Waals surface area contributed by atoms with Gasteiger partial charge in [0.25, 0.3) is 0 Å². The van der Waals surface area contributed by atoms with E-state index in [2.05, 4.69) is 41.5 Å². The van der Waals surface area contributed by atoms with Crippen molar-refractivity contribution in [3.8, 4) is 0 Å². The van der Waals surface area contributed by atoms with Crippen LogP contribution in [0.5, 0.6) is 0 Å². The first-order valence-electron chi connectivity index (χ1n) is 14.2. The fourth-order valence-electron chi connectivity index (χ4n) is 10.1. The maximum absolute atomic E-state index is 13.0. The van der Waals surface area contributed by atoms with Gasteiger partial charge in [-0.2, -0.15) is 0 Å². The van der Waals surface area contributed by atoms with Crippen molar-refractivity contribution >= 4 is 5.97 Å². The van der Waals surface area contributed by atoms with Crippen LogP contribution < -0.4 is 0 Å². The van der Waals surface area contributed by atoms with Crippen molar-refractivity contribution in [2.75, 3.05) is 0 Å². The summed E-state index contributed by atoms with van der Waals surface area (Å²) in [6.07, 6.45) is 10.7. The van der Waals surface area contributed by atoms with E-state index in [0.717, 1.165) is 12.8 Å². The summed E-state index contributed by atoms with van der Waals surface area (Å²) in [4.78, 5) is 13.0. The summed E-state index contributed by atoms with van der Waals surface area (Å²) < 4.78 is 18.5. The Labute approximate surface area is 200 Å². The molecule has 4 heteroatoms. The van der Waals surface area contributed by atoms with Crippen molar-refractivity contribution in [1.82, 2.24) is 0 Å². The van der Waals surface area contributed by atoms with Crippen LogP contribution in [0.3, 0.4) is 0 Å². The van der Waals surface area contributed by atoms with Gasteiger partial charge in [0.05, 0.1) is 24.4 Å². The molecule has 3 aliphatic heterocycles. The molecule has 0 unspecified atom stereocenters. The van der Waals surface area contributed by atoms with Gasteiger partial charge in [0.15, 0.2) is 0 Å². The first kappa shape index (κ1) is 22.8. The summed E-state index contributed by atoms with van der Waals surface area (Å²) in [7, 11) is 0. The Morgan fingerprint density at radius 3 is 2.45 bits per heavy atom. The molecular formula is C29H46O4. The molecule has 3 saturated carbocycles. The number of epoxide rings is 2. The summed E-state index contributed by atoms with van der Waals surface area (Å²) in [5, 5.41) is 0. The van der Waals surface area contributed by atoms with Crippen molar-refractivity contribution < 1.29 is 19.0 Å². The molecule has 3 aliphatic carbocycles. The van der Waals surface area contributed by atoms with Gasteiger partial charge < -0.3 is 14.2 Å². The first-order valence-corrected chi connectivity index (χ1v) is 14.2. The van der Waals surface area contributed by atoms with E-state index in [1.807, 2.05) is 0 Å². The van der Waals surface area contributed by atoms with E-state index in [4.69, 9.17) is 14.2 Å². The number of carbonyl (C=O) groups is 1. The molecule has 4 nitrogen and oxygen atoms in total. The molecule has 0 amide bonds. The molecule has 33 heavy (non-hydrogen) atoms. The zero-order valence-corrected chi connectivity index (χ0v) is 21.7. The summed E-state index contributed by atoms with van der Waals surface area (Å²) >= 11 is 0. The third-order valence-corrected chi connectivity index (χ3v) is 12.0. The average molecular weight is 459 g/mol. The molecule has 3 saturated heterocycles. The van der Waals surface area contributed by atoms with E-state index in [1.165, 1.54) is 32.1 Å². The second-order valence-corrected chi connectivity index (χ2v) is 13.7. The highest BCUT2D eigenvalue weighted by Gasteiger charge is 2.65. The predicted molar refractivity (Wildman–Crippen MR) is 127 cm³/mol. The zero-order valence-electron chi connectivity index (χ0n) is 21.7. The number of hydrogen-bond acceptors (Lipinski definition) is 4. The molecule has 3 heterocycles. The van der Waals surface area contributed by atoms with Crippen LogP contribution in [0, 0.1) is 52.3 Å². The molecule has 6 rings (SSSR count). The van der Waals surface area contributed by atoms with Crippen LogP contribution in [0.25, 0.3) is 0 Å². The second-order valence-electron chi connectivity index (χ2n) is 13.7. The highest BCUT2D eigenvalue weighted by molar-refractivity contribution is 5.70. The van der Waals surface area contributed by atoms with E-state index in [-0.39, 0.29) is 17.5 Å². The Hall–Kier alpha value is -0.610. The van der Waals surface area contributed by atoms with Crippen molar-refractivity contribution in [2.45, 2.75) is 123 Å². The van der Waals surface area contributed by atoms with Crippen molar-refractivity contribution in [3.05, 3.63) is 0 Å². The van der Waals surface area contributed by atoms with Gasteiger partial charge in [-0.05, 0) is 78.9 Å². The molecule has 0 aromatic carbocycles. The van der Waals surface area contributed by atoms with E-state index >= 15 is 0 Å². The average Bonchev–Trinajstić information content (AvgIpc) is 3.65. The summed E-state index contributed by atoms with van der Waals surface area (Å²) in [6, 6.07) is 0. The molecule has 0 bridgehead atoms. The maximum Gasteiger partial charge on any atom is 0.306 e. The molecule has 6 fully saturated rings. The van der Waals surface area contributed by atoms with Gasteiger partial charge in [-0.1, -0.05) is 48.0 Å². The van der Waals surface area contributed by atoms with E-state index < -0.39 is 0 Å². The molecule has 0 radical (unpaired) electrons. The fourth-order valence-corrected chi connectivity index (χ4v) is 10.1. The Bertz CT molecular complexity index is 794. The number of hydrogen-bond donors (Lipinski definition) is 0. The van der Waals surface area contributed by atoms with Gasteiger partial charge in [-0.3, -0.25) is 4.79 Å². The van der Waals surface area contributed by atoms with Crippen LogP contribution in [0.2, 0.25) is 0 Å². The summed E-state index contributed by atoms with van der Waals surface area (Å²) in [6.45, 7) is 14.5. The lowest BCUT2D eigenvalue weighted by Crippen LogP contribution is -2.52. The summed E-state index contributed by atoms with van der Waals surface area (Å²) in [5.74, 6) is 4.50. The smallest absolute Gasteiger partial charge is 0.306 e. The van der Waals surface area contributed by atoms with Gasteiger partial charge in [0, 0.05) is 18.3 Å². The SMILES string of the molecule is CC[C@@H](C(C)C)[C@H]1O[C@@H]1[C@@H](C)[C@H]1CC[C@H]2[C@@H]3CC(=O)O[C@H]4C[C@@H]5O[C@@H]5C[C@]4(C)[C@H]3CC[C@]12C. The third-order valence-electron chi connectivity index (χ3n) is 12.0.